The molecule has 0 aromatic heterocycles. The Morgan fingerprint density at radius 2 is 1.60 bits per heavy atom. The van der Waals surface area contributed by atoms with Crippen LogP contribution < -0.4 is 4.72 Å². The van der Waals surface area contributed by atoms with E-state index in [1.54, 1.807) is 23.1 Å². The molecule has 1 N–H and O–H groups in total. The summed E-state index contributed by atoms with van der Waals surface area (Å²) in [6, 6.07) is 17.9. The van der Waals surface area contributed by atoms with Crippen LogP contribution in [0.4, 0.5) is 0 Å². The number of hydrogen-bond donors (Lipinski definition) is 1. The molecular formula is C19H24N2O3S. The van der Waals surface area contributed by atoms with Crippen molar-refractivity contribution in [2.45, 2.75) is 31.2 Å². The molecule has 0 radical (unpaired) electrons. The second kappa shape index (κ2) is 9.34. The van der Waals surface area contributed by atoms with Gasteiger partial charge < -0.3 is 4.90 Å². The predicted octanol–water partition coefficient (Wildman–Crippen LogP) is 2.79. The molecule has 0 aliphatic rings. The van der Waals surface area contributed by atoms with E-state index in [1.165, 1.54) is 12.1 Å². The third kappa shape index (κ3) is 5.99. The van der Waals surface area contributed by atoms with Gasteiger partial charge in [0.1, 0.15) is 0 Å². The Kier molecular flexibility index (Phi) is 7.16. The summed E-state index contributed by atoms with van der Waals surface area (Å²) in [6.07, 6.45) is 0.993. The molecule has 1 amide bonds. The van der Waals surface area contributed by atoms with Crippen molar-refractivity contribution in [3.05, 3.63) is 66.2 Å². The molecule has 0 fully saturated rings. The summed E-state index contributed by atoms with van der Waals surface area (Å²) in [4.78, 5) is 14.4. The van der Waals surface area contributed by atoms with Gasteiger partial charge >= 0.3 is 0 Å². The second-order valence-electron chi connectivity index (χ2n) is 5.76. The third-order valence-electron chi connectivity index (χ3n) is 3.75. The molecule has 0 unspecified atom stereocenters. The van der Waals surface area contributed by atoms with Gasteiger partial charge in [-0.2, -0.15) is 0 Å². The monoisotopic (exact) mass is 360 g/mol. The molecule has 5 nitrogen and oxygen atoms in total. The van der Waals surface area contributed by atoms with E-state index < -0.39 is 10.0 Å². The first-order valence-corrected chi connectivity index (χ1v) is 9.87. The Morgan fingerprint density at radius 3 is 2.20 bits per heavy atom. The minimum atomic E-state index is -3.57. The minimum absolute atomic E-state index is 0.0542. The fraction of sp³-hybridized carbons (Fsp3) is 0.316. The zero-order valence-electron chi connectivity index (χ0n) is 14.4. The van der Waals surface area contributed by atoms with Crippen molar-refractivity contribution in [2.24, 2.45) is 0 Å². The van der Waals surface area contributed by atoms with E-state index in [1.807, 2.05) is 37.3 Å². The smallest absolute Gasteiger partial charge is 0.240 e. The average molecular weight is 360 g/mol. The zero-order valence-corrected chi connectivity index (χ0v) is 15.2. The third-order valence-corrected chi connectivity index (χ3v) is 5.22. The van der Waals surface area contributed by atoms with Crippen molar-refractivity contribution in [1.82, 2.24) is 9.62 Å². The highest BCUT2D eigenvalue weighted by Crippen LogP contribution is 2.09. The zero-order chi connectivity index (χ0) is 18.1. The highest BCUT2D eigenvalue weighted by molar-refractivity contribution is 7.89. The van der Waals surface area contributed by atoms with Crippen LogP contribution in [0.5, 0.6) is 0 Å². The summed E-state index contributed by atoms with van der Waals surface area (Å²) in [5, 5.41) is 0. The first-order valence-electron chi connectivity index (χ1n) is 8.39. The lowest BCUT2D eigenvalue weighted by Gasteiger charge is -2.22. The maximum Gasteiger partial charge on any atom is 0.240 e. The number of benzene rings is 2. The van der Waals surface area contributed by atoms with Gasteiger partial charge in [0.2, 0.25) is 15.9 Å². The number of amides is 1. The Morgan fingerprint density at radius 1 is 1.00 bits per heavy atom. The van der Waals surface area contributed by atoms with E-state index in [0.29, 0.717) is 13.1 Å². The molecule has 0 heterocycles. The van der Waals surface area contributed by atoms with Crippen LogP contribution in [0.2, 0.25) is 0 Å². The van der Waals surface area contributed by atoms with Crippen LogP contribution in [-0.2, 0) is 21.4 Å². The second-order valence-corrected chi connectivity index (χ2v) is 7.53. The standard InChI is InChI=1S/C19H24N2O3S/c1-2-15-21(16-17-9-5-3-6-10-17)19(22)13-14-20-25(23,24)18-11-7-4-8-12-18/h3-12,20H,2,13-16H2,1H3. The molecule has 0 aliphatic carbocycles. The first-order chi connectivity index (χ1) is 12.0. The Bertz CT molecular complexity index is 762. The lowest BCUT2D eigenvalue weighted by molar-refractivity contribution is -0.131. The molecule has 0 spiro atoms. The number of nitrogens with one attached hydrogen (secondary N) is 1. The van der Waals surface area contributed by atoms with Gasteiger partial charge in [-0.15, -0.1) is 0 Å². The topological polar surface area (TPSA) is 66.5 Å². The molecule has 2 rings (SSSR count). The van der Waals surface area contributed by atoms with Crippen molar-refractivity contribution in [3.63, 3.8) is 0 Å². The molecule has 0 aliphatic heterocycles. The van der Waals surface area contributed by atoms with Crippen LogP contribution in [0.25, 0.3) is 0 Å². The highest BCUT2D eigenvalue weighted by Gasteiger charge is 2.16. The fourth-order valence-corrected chi connectivity index (χ4v) is 3.55. The van der Waals surface area contributed by atoms with E-state index in [0.717, 1.165) is 12.0 Å². The SMILES string of the molecule is CCCN(Cc1ccccc1)C(=O)CCNS(=O)(=O)c1ccccc1. The van der Waals surface area contributed by atoms with Gasteiger partial charge in [0.15, 0.2) is 0 Å². The van der Waals surface area contributed by atoms with Crippen molar-refractivity contribution in [2.75, 3.05) is 13.1 Å². The van der Waals surface area contributed by atoms with Crippen molar-refractivity contribution < 1.29 is 13.2 Å². The molecule has 2 aromatic carbocycles. The molecule has 2 aromatic rings. The van der Waals surface area contributed by atoms with E-state index >= 15 is 0 Å². The quantitative estimate of drug-likeness (QED) is 0.748. The number of carbonyl (C=O) groups excluding carboxylic acids is 1. The summed E-state index contributed by atoms with van der Waals surface area (Å²) < 4.78 is 26.8. The summed E-state index contributed by atoms with van der Waals surface area (Å²) in [5.41, 5.74) is 1.06. The molecule has 25 heavy (non-hydrogen) atoms. The number of carbonyl (C=O) groups is 1. The lowest BCUT2D eigenvalue weighted by Crippen LogP contribution is -2.34. The van der Waals surface area contributed by atoms with Gasteiger partial charge in [0, 0.05) is 26.1 Å². The molecular weight excluding hydrogens is 336 g/mol. The van der Waals surface area contributed by atoms with Gasteiger partial charge in [-0.25, -0.2) is 13.1 Å². The Balaban J connectivity index is 1.90. The maximum atomic E-state index is 12.5. The van der Waals surface area contributed by atoms with Gasteiger partial charge in [-0.05, 0) is 24.1 Å². The van der Waals surface area contributed by atoms with E-state index in [2.05, 4.69) is 4.72 Å². The summed E-state index contributed by atoms with van der Waals surface area (Å²) in [7, 11) is -3.57. The van der Waals surface area contributed by atoms with E-state index in [4.69, 9.17) is 0 Å². The number of nitrogens with zero attached hydrogens (tertiary/aromatic N) is 1. The van der Waals surface area contributed by atoms with Crippen molar-refractivity contribution in [3.8, 4) is 0 Å². The Labute approximate surface area is 149 Å². The minimum Gasteiger partial charge on any atom is -0.338 e. The van der Waals surface area contributed by atoms with Crippen LogP contribution in [0.1, 0.15) is 25.3 Å². The van der Waals surface area contributed by atoms with Gasteiger partial charge in [0.05, 0.1) is 4.90 Å². The molecule has 0 atom stereocenters. The number of rotatable bonds is 9. The van der Waals surface area contributed by atoms with Crippen LogP contribution in [0.15, 0.2) is 65.6 Å². The largest absolute Gasteiger partial charge is 0.338 e. The Hall–Kier alpha value is -2.18. The average Bonchev–Trinajstić information content (AvgIpc) is 2.63. The predicted molar refractivity (Wildman–Crippen MR) is 98.4 cm³/mol. The molecule has 0 bridgehead atoms. The van der Waals surface area contributed by atoms with Crippen molar-refractivity contribution in [1.29, 1.82) is 0 Å². The van der Waals surface area contributed by atoms with Gasteiger partial charge in [-0.1, -0.05) is 55.5 Å². The van der Waals surface area contributed by atoms with Gasteiger partial charge in [-0.3, -0.25) is 4.79 Å². The van der Waals surface area contributed by atoms with E-state index in [9.17, 15) is 13.2 Å². The lowest BCUT2D eigenvalue weighted by atomic mass is 10.2. The molecule has 0 saturated heterocycles. The van der Waals surface area contributed by atoms with Crippen LogP contribution in [0.3, 0.4) is 0 Å². The molecule has 0 saturated carbocycles. The number of sulfonamides is 1. The van der Waals surface area contributed by atoms with Crippen LogP contribution >= 0.6 is 0 Å². The fourth-order valence-electron chi connectivity index (χ4n) is 2.50. The summed E-state index contributed by atoms with van der Waals surface area (Å²) >= 11 is 0. The normalized spacial score (nSPS) is 11.2. The van der Waals surface area contributed by atoms with Gasteiger partial charge in [0.25, 0.3) is 0 Å². The molecule has 134 valence electrons. The summed E-state index contributed by atoms with van der Waals surface area (Å²) in [6.45, 7) is 3.30. The van der Waals surface area contributed by atoms with Crippen LogP contribution in [0, 0.1) is 0 Å². The highest BCUT2D eigenvalue weighted by atomic mass is 32.2. The first kappa shape index (κ1) is 19.1. The maximum absolute atomic E-state index is 12.5. The van der Waals surface area contributed by atoms with E-state index in [-0.39, 0.29) is 23.8 Å². The van der Waals surface area contributed by atoms with Crippen LogP contribution in [-0.4, -0.2) is 32.3 Å². The van der Waals surface area contributed by atoms with Crippen molar-refractivity contribution >= 4 is 15.9 Å². The number of hydrogen-bond acceptors (Lipinski definition) is 3. The summed E-state index contributed by atoms with van der Waals surface area (Å²) in [5.74, 6) is -0.0542. The molecule has 6 heteroatoms.